The fourth-order valence-corrected chi connectivity index (χ4v) is 4.83. The number of benzene rings is 2. The molecule has 3 aromatic rings. The zero-order chi connectivity index (χ0) is 22.2. The molecule has 0 spiro atoms. The summed E-state index contributed by atoms with van der Waals surface area (Å²) in [6.07, 6.45) is 0.750. The lowest BCUT2D eigenvalue weighted by atomic mass is 9.98. The molecular formula is C24H23ClFN2O4+. The topological polar surface area (TPSA) is 64.2 Å². The molecule has 3 heterocycles. The molecule has 0 unspecified atom stereocenters. The highest BCUT2D eigenvalue weighted by atomic mass is 35.5. The third kappa shape index (κ3) is 3.81. The molecule has 2 aliphatic heterocycles. The summed E-state index contributed by atoms with van der Waals surface area (Å²) in [6.45, 7) is 4.68. The third-order valence-electron chi connectivity index (χ3n) is 6.22. The number of ether oxygens (including phenoxy) is 1. The number of rotatable bonds is 5. The third-order valence-corrected chi connectivity index (χ3v) is 6.46. The van der Waals surface area contributed by atoms with E-state index in [0.717, 1.165) is 39.3 Å². The number of hydrogen-bond acceptors (Lipinski definition) is 4. The highest BCUT2D eigenvalue weighted by molar-refractivity contribution is 6.31. The van der Waals surface area contributed by atoms with Crippen LogP contribution in [0.5, 0.6) is 0 Å². The number of carbonyl (C=O) groups excluding carboxylic acids is 1. The van der Waals surface area contributed by atoms with Crippen LogP contribution in [0.15, 0.2) is 51.7 Å². The monoisotopic (exact) mass is 457 g/mol. The highest BCUT2D eigenvalue weighted by Crippen LogP contribution is 2.38. The molecule has 0 bridgehead atoms. The fraction of sp³-hybridized carbons (Fsp3) is 0.333. The van der Waals surface area contributed by atoms with Crippen molar-refractivity contribution in [1.29, 1.82) is 0 Å². The van der Waals surface area contributed by atoms with E-state index in [-0.39, 0.29) is 22.7 Å². The molecule has 0 radical (unpaired) electrons. The molecule has 8 heteroatoms. The summed E-state index contributed by atoms with van der Waals surface area (Å²) in [6, 6.07) is 10.1. The van der Waals surface area contributed by atoms with Crippen molar-refractivity contribution in [3.05, 3.63) is 80.4 Å². The van der Waals surface area contributed by atoms with E-state index in [4.69, 9.17) is 20.8 Å². The first-order valence-corrected chi connectivity index (χ1v) is 11.1. The number of quaternary nitrogens is 1. The Morgan fingerprint density at radius 2 is 1.94 bits per heavy atom. The van der Waals surface area contributed by atoms with Crippen LogP contribution in [0.2, 0.25) is 5.02 Å². The maximum atomic E-state index is 14.1. The van der Waals surface area contributed by atoms with E-state index < -0.39 is 11.9 Å². The van der Waals surface area contributed by atoms with Crippen LogP contribution in [-0.2, 0) is 4.74 Å². The summed E-state index contributed by atoms with van der Waals surface area (Å²) >= 11 is 6.10. The Morgan fingerprint density at radius 3 is 2.72 bits per heavy atom. The van der Waals surface area contributed by atoms with Gasteiger partial charge in [0.25, 0.3) is 5.91 Å². The first-order valence-electron chi connectivity index (χ1n) is 10.8. The largest absolute Gasteiger partial charge is 0.450 e. The number of carbonyl (C=O) groups is 1. The van der Waals surface area contributed by atoms with E-state index in [9.17, 15) is 14.0 Å². The van der Waals surface area contributed by atoms with Crippen molar-refractivity contribution < 1.29 is 23.2 Å². The van der Waals surface area contributed by atoms with Crippen molar-refractivity contribution >= 4 is 28.5 Å². The first kappa shape index (κ1) is 21.1. The van der Waals surface area contributed by atoms with Crippen LogP contribution in [0.3, 0.4) is 0 Å². The molecule has 1 aromatic heterocycles. The van der Waals surface area contributed by atoms with Gasteiger partial charge in [-0.15, -0.1) is 0 Å². The van der Waals surface area contributed by atoms with Crippen LogP contribution in [0.4, 0.5) is 4.39 Å². The number of morpholine rings is 1. The van der Waals surface area contributed by atoms with Crippen LogP contribution in [0.1, 0.15) is 34.1 Å². The molecule has 32 heavy (non-hydrogen) atoms. The second kappa shape index (κ2) is 8.65. The summed E-state index contributed by atoms with van der Waals surface area (Å²) in [7, 11) is 0. The Hall–Kier alpha value is -2.74. The van der Waals surface area contributed by atoms with E-state index in [2.05, 4.69) is 0 Å². The quantitative estimate of drug-likeness (QED) is 0.639. The minimum atomic E-state index is -0.701. The van der Waals surface area contributed by atoms with Crippen LogP contribution < -0.4 is 10.3 Å². The standard InChI is InChI=1S/C24H22ClFN2O4/c25-16-5-6-19-18(14-16)22(29)20-21(15-3-1-4-17(26)13-15)28(24(30)23(20)32-19)8-2-7-27-9-11-31-12-10-27/h1,3-6,13-14,21H,2,7-12H2/p+1/t21-/m1/s1. The lowest BCUT2D eigenvalue weighted by Gasteiger charge is -2.27. The first-order chi connectivity index (χ1) is 15.5. The van der Waals surface area contributed by atoms with Crippen LogP contribution in [0.25, 0.3) is 11.0 Å². The van der Waals surface area contributed by atoms with Crippen molar-refractivity contribution in [3.8, 4) is 0 Å². The van der Waals surface area contributed by atoms with Crippen LogP contribution >= 0.6 is 11.6 Å². The molecule has 1 fully saturated rings. The molecule has 5 rings (SSSR count). The number of amides is 1. The number of halogens is 2. The Balaban J connectivity index is 1.54. The number of nitrogens with one attached hydrogen (secondary N) is 1. The lowest BCUT2D eigenvalue weighted by molar-refractivity contribution is -0.908. The average molecular weight is 458 g/mol. The van der Waals surface area contributed by atoms with Gasteiger partial charge in [-0.25, -0.2) is 4.39 Å². The lowest BCUT2D eigenvalue weighted by Crippen LogP contribution is -3.14. The molecule has 6 nitrogen and oxygen atoms in total. The molecule has 2 aromatic carbocycles. The van der Waals surface area contributed by atoms with Crippen molar-refractivity contribution in [2.24, 2.45) is 0 Å². The summed E-state index contributed by atoms with van der Waals surface area (Å²) in [5.41, 5.74) is 0.787. The fourth-order valence-electron chi connectivity index (χ4n) is 4.66. The summed E-state index contributed by atoms with van der Waals surface area (Å²) in [5, 5.41) is 0.715. The van der Waals surface area contributed by atoms with Crippen LogP contribution in [0, 0.1) is 5.82 Å². The molecule has 0 aliphatic carbocycles. The molecule has 1 N–H and O–H groups in total. The van der Waals surface area contributed by atoms with Gasteiger partial charge in [0.15, 0.2) is 5.43 Å². The Morgan fingerprint density at radius 1 is 1.12 bits per heavy atom. The Kier molecular flexibility index (Phi) is 5.71. The zero-order valence-electron chi connectivity index (χ0n) is 17.4. The smallest absolute Gasteiger partial charge is 0.290 e. The number of fused-ring (bicyclic) bond motifs is 2. The van der Waals surface area contributed by atoms with Crippen molar-refractivity contribution in [2.75, 3.05) is 39.4 Å². The van der Waals surface area contributed by atoms with Gasteiger partial charge in [-0.05, 0) is 35.9 Å². The maximum absolute atomic E-state index is 14.1. The van der Waals surface area contributed by atoms with Gasteiger partial charge in [0.2, 0.25) is 5.76 Å². The Bertz CT molecular complexity index is 1240. The van der Waals surface area contributed by atoms with Gasteiger partial charge in [0.05, 0.1) is 36.8 Å². The normalized spacial score (nSPS) is 19.0. The maximum Gasteiger partial charge on any atom is 0.290 e. The molecular weight excluding hydrogens is 435 g/mol. The van der Waals surface area contributed by atoms with E-state index in [1.54, 1.807) is 35.2 Å². The van der Waals surface area contributed by atoms with Crippen LogP contribution in [-0.4, -0.2) is 50.2 Å². The van der Waals surface area contributed by atoms with E-state index >= 15 is 0 Å². The SMILES string of the molecule is O=C1c2oc3ccc(Cl)cc3c(=O)c2[C@@H](c2cccc(F)c2)N1CCC[NH+]1CCOCC1. The van der Waals surface area contributed by atoms with Crippen molar-refractivity contribution in [3.63, 3.8) is 0 Å². The minimum absolute atomic E-state index is 0.0257. The summed E-state index contributed by atoms with van der Waals surface area (Å²) in [4.78, 5) is 29.9. The zero-order valence-corrected chi connectivity index (χ0v) is 18.2. The summed E-state index contributed by atoms with van der Waals surface area (Å²) in [5.74, 6) is -0.743. The molecule has 2 aliphatic rings. The van der Waals surface area contributed by atoms with Crippen molar-refractivity contribution in [1.82, 2.24) is 4.90 Å². The predicted octanol–water partition coefficient (Wildman–Crippen LogP) is 2.44. The van der Waals surface area contributed by atoms with E-state index in [1.807, 2.05) is 0 Å². The van der Waals surface area contributed by atoms with Gasteiger partial charge in [-0.3, -0.25) is 9.59 Å². The summed E-state index contributed by atoms with van der Waals surface area (Å²) < 4.78 is 25.4. The van der Waals surface area contributed by atoms with Crippen molar-refractivity contribution in [2.45, 2.75) is 12.5 Å². The second-order valence-electron chi connectivity index (χ2n) is 8.24. The van der Waals surface area contributed by atoms with Gasteiger partial charge in [0, 0.05) is 18.0 Å². The van der Waals surface area contributed by atoms with Gasteiger partial charge >= 0.3 is 0 Å². The van der Waals surface area contributed by atoms with E-state index in [0.29, 0.717) is 28.1 Å². The minimum Gasteiger partial charge on any atom is -0.450 e. The van der Waals surface area contributed by atoms with Gasteiger partial charge in [-0.2, -0.15) is 0 Å². The molecule has 1 atom stereocenters. The highest BCUT2D eigenvalue weighted by Gasteiger charge is 2.42. The molecule has 1 amide bonds. The predicted molar refractivity (Wildman–Crippen MR) is 118 cm³/mol. The van der Waals surface area contributed by atoms with E-state index in [1.165, 1.54) is 17.0 Å². The Labute approximate surface area is 189 Å². The molecule has 0 saturated carbocycles. The van der Waals surface area contributed by atoms with Gasteiger partial charge in [0.1, 0.15) is 24.5 Å². The second-order valence-corrected chi connectivity index (χ2v) is 8.67. The number of hydrogen-bond donors (Lipinski definition) is 1. The average Bonchev–Trinajstić information content (AvgIpc) is 3.07. The molecule has 1 saturated heterocycles. The van der Waals surface area contributed by atoms with Gasteiger partial charge in [-0.1, -0.05) is 23.7 Å². The molecule has 166 valence electrons. The van der Waals surface area contributed by atoms with Gasteiger partial charge < -0.3 is 19.0 Å². The number of nitrogens with zero attached hydrogens (tertiary/aromatic N) is 1.